The number of nitrogens with one attached hydrogen (secondary N) is 1. The molecule has 0 radical (unpaired) electrons. The van der Waals surface area contributed by atoms with E-state index in [-0.39, 0.29) is 17.5 Å². The highest BCUT2D eigenvalue weighted by atomic mass is 32.2. The fourth-order valence-electron chi connectivity index (χ4n) is 1.58. The third-order valence-electron chi connectivity index (χ3n) is 2.77. The highest BCUT2D eigenvalue weighted by Gasteiger charge is 2.15. The highest BCUT2D eigenvalue weighted by Crippen LogP contribution is 2.25. The summed E-state index contributed by atoms with van der Waals surface area (Å²) in [6.45, 7) is 7.83. The summed E-state index contributed by atoms with van der Waals surface area (Å²) in [5.41, 5.74) is 7.26. The Bertz CT molecular complexity index is 505. The lowest BCUT2D eigenvalue weighted by molar-refractivity contribution is 0.534. The lowest BCUT2D eigenvalue weighted by atomic mass is 10.3. The molecule has 104 valence electrons. The molecule has 0 aliphatic carbocycles. The van der Waals surface area contributed by atoms with E-state index in [2.05, 4.69) is 10.4 Å². The van der Waals surface area contributed by atoms with E-state index in [1.165, 1.54) is 0 Å². The largest absolute Gasteiger partial charge is 0.394 e. The zero-order chi connectivity index (χ0) is 13.9. The molecule has 0 amide bonds. The first kappa shape index (κ1) is 14.8. The molecule has 0 aliphatic heterocycles. The monoisotopic (exact) mass is 274 g/mol. The van der Waals surface area contributed by atoms with Gasteiger partial charge in [0.25, 0.3) is 0 Å². The van der Waals surface area contributed by atoms with Crippen molar-refractivity contribution in [1.82, 2.24) is 9.78 Å². The van der Waals surface area contributed by atoms with Gasteiger partial charge >= 0.3 is 0 Å². The van der Waals surface area contributed by atoms with Gasteiger partial charge in [-0.25, -0.2) is 13.1 Å². The molecule has 7 heteroatoms. The molecule has 1 heterocycles. The van der Waals surface area contributed by atoms with Crippen molar-refractivity contribution in [3.63, 3.8) is 0 Å². The summed E-state index contributed by atoms with van der Waals surface area (Å²) in [4.78, 5) is 0. The Labute approximate surface area is 108 Å². The lowest BCUT2D eigenvalue weighted by Crippen LogP contribution is -2.19. The van der Waals surface area contributed by atoms with E-state index in [9.17, 15) is 8.42 Å². The van der Waals surface area contributed by atoms with E-state index in [1.807, 2.05) is 20.8 Å². The molecule has 0 atom stereocenters. The van der Waals surface area contributed by atoms with Crippen LogP contribution in [0, 0.1) is 6.92 Å². The Morgan fingerprint density at radius 1 is 1.44 bits per heavy atom. The number of aromatic nitrogens is 2. The van der Waals surface area contributed by atoms with Gasteiger partial charge in [-0.05, 0) is 20.8 Å². The van der Waals surface area contributed by atoms with Gasteiger partial charge in [0.1, 0.15) is 5.82 Å². The summed E-state index contributed by atoms with van der Waals surface area (Å²) in [6, 6.07) is 0.172. The molecule has 0 bridgehead atoms. The molecule has 0 saturated heterocycles. The van der Waals surface area contributed by atoms with E-state index in [0.717, 1.165) is 5.69 Å². The molecule has 0 spiro atoms. The maximum atomic E-state index is 11.4. The number of nitrogens with zero attached hydrogens (tertiary/aromatic N) is 2. The summed E-state index contributed by atoms with van der Waals surface area (Å²) in [7, 11) is -2.96. The Morgan fingerprint density at radius 2 is 2.06 bits per heavy atom. The van der Waals surface area contributed by atoms with Crippen LogP contribution in [-0.4, -0.2) is 36.2 Å². The van der Waals surface area contributed by atoms with Gasteiger partial charge in [-0.3, -0.25) is 0 Å². The maximum absolute atomic E-state index is 11.4. The number of hydrogen-bond donors (Lipinski definition) is 2. The van der Waals surface area contributed by atoms with Gasteiger partial charge in [0.05, 0.1) is 17.1 Å². The van der Waals surface area contributed by atoms with Crippen LogP contribution in [0.4, 0.5) is 11.5 Å². The van der Waals surface area contributed by atoms with E-state index >= 15 is 0 Å². The fourth-order valence-corrected chi connectivity index (χ4v) is 2.28. The summed E-state index contributed by atoms with van der Waals surface area (Å²) in [5, 5.41) is 7.40. The molecule has 0 saturated carbocycles. The first-order valence-corrected chi connectivity index (χ1v) is 7.89. The van der Waals surface area contributed by atoms with Crippen molar-refractivity contribution in [3.8, 4) is 0 Å². The second-order valence-corrected chi connectivity index (χ2v) is 7.02. The van der Waals surface area contributed by atoms with Crippen LogP contribution in [0.3, 0.4) is 0 Å². The van der Waals surface area contributed by atoms with Gasteiger partial charge in [-0.1, -0.05) is 6.92 Å². The molecule has 6 nitrogen and oxygen atoms in total. The Balaban J connectivity index is 2.79. The van der Waals surface area contributed by atoms with Gasteiger partial charge in [-0.2, -0.15) is 5.10 Å². The lowest BCUT2D eigenvalue weighted by Gasteiger charge is -2.13. The molecule has 0 aromatic carbocycles. The predicted octanol–water partition coefficient (Wildman–Crippen LogP) is 1.20. The summed E-state index contributed by atoms with van der Waals surface area (Å²) in [6.07, 6.45) is 0. The van der Waals surface area contributed by atoms with Crippen molar-refractivity contribution >= 4 is 21.3 Å². The minimum atomic E-state index is -2.96. The third-order valence-corrected chi connectivity index (χ3v) is 4.47. The molecule has 1 rings (SSSR count). The number of anilines is 2. The van der Waals surface area contributed by atoms with E-state index < -0.39 is 9.84 Å². The topological polar surface area (TPSA) is 90.0 Å². The van der Waals surface area contributed by atoms with Crippen molar-refractivity contribution in [2.45, 2.75) is 33.7 Å². The maximum Gasteiger partial charge on any atom is 0.151 e. The molecular weight excluding hydrogens is 252 g/mol. The molecule has 1 aromatic heterocycles. The number of aryl methyl sites for hydroxylation is 1. The Morgan fingerprint density at radius 3 is 2.56 bits per heavy atom. The van der Waals surface area contributed by atoms with Crippen LogP contribution in [0.5, 0.6) is 0 Å². The van der Waals surface area contributed by atoms with Gasteiger partial charge in [-0.15, -0.1) is 0 Å². The van der Waals surface area contributed by atoms with Crippen molar-refractivity contribution in [3.05, 3.63) is 5.69 Å². The smallest absolute Gasteiger partial charge is 0.151 e. The number of sulfone groups is 1. The molecule has 0 fully saturated rings. The van der Waals surface area contributed by atoms with Gasteiger partial charge < -0.3 is 11.1 Å². The quantitative estimate of drug-likeness (QED) is 0.813. The van der Waals surface area contributed by atoms with Crippen molar-refractivity contribution in [2.75, 3.05) is 29.1 Å². The molecule has 1 aromatic rings. The van der Waals surface area contributed by atoms with Crippen molar-refractivity contribution < 1.29 is 8.42 Å². The second-order valence-electron chi connectivity index (χ2n) is 4.55. The van der Waals surface area contributed by atoms with Crippen LogP contribution in [0.15, 0.2) is 0 Å². The van der Waals surface area contributed by atoms with Crippen LogP contribution in [-0.2, 0) is 9.84 Å². The fraction of sp³-hybridized carbons (Fsp3) is 0.727. The average Bonchev–Trinajstić information content (AvgIpc) is 2.57. The van der Waals surface area contributed by atoms with E-state index in [4.69, 9.17) is 5.73 Å². The zero-order valence-corrected chi connectivity index (χ0v) is 12.2. The van der Waals surface area contributed by atoms with Gasteiger partial charge in [0, 0.05) is 18.3 Å². The molecule has 18 heavy (non-hydrogen) atoms. The standard InChI is InChI=1S/C11H22N4O2S/c1-5-18(16,17)7-6-13-11-10(12)9(4)14-15(11)8(2)3/h8,13H,5-7,12H2,1-4H3. The number of nitrogens with two attached hydrogens (primary N) is 1. The van der Waals surface area contributed by atoms with Gasteiger partial charge in [0.15, 0.2) is 9.84 Å². The van der Waals surface area contributed by atoms with Crippen LogP contribution in [0.2, 0.25) is 0 Å². The molecule has 0 unspecified atom stereocenters. The summed E-state index contributed by atoms with van der Waals surface area (Å²) >= 11 is 0. The Hall–Kier alpha value is -1.24. The summed E-state index contributed by atoms with van der Waals surface area (Å²) in [5.74, 6) is 0.964. The normalized spacial score (nSPS) is 12.1. The van der Waals surface area contributed by atoms with E-state index in [0.29, 0.717) is 18.1 Å². The van der Waals surface area contributed by atoms with Crippen LogP contribution < -0.4 is 11.1 Å². The third kappa shape index (κ3) is 3.38. The number of nitrogen functional groups attached to an aromatic ring is 1. The summed E-state index contributed by atoms with van der Waals surface area (Å²) < 4.78 is 24.6. The first-order valence-electron chi connectivity index (χ1n) is 6.07. The molecule has 0 aliphatic rings. The second kappa shape index (κ2) is 5.60. The number of hydrogen-bond acceptors (Lipinski definition) is 5. The predicted molar refractivity (Wildman–Crippen MR) is 74.6 cm³/mol. The minimum Gasteiger partial charge on any atom is -0.394 e. The van der Waals surface area contributed by atoms with Gasteiger partial charge in [0.2, 0.25) is 0 Å². The van der Waals surface area contributed by atoms with Crippen LogP contribution in [0.25, 0.3) is 0 Å². The van der Waals surface area contributed by atoms with E-state index in [1.54, 1.807) is 11.6 Å². The SMILES string of the molecule is CCS(=O)(=O)CCNc1c(N)c(C)nn1C(C)C. The van der Waals surface area contributed by atoms with Crippen LogP contribution >= 0.6 is 0 Å². The molecule has 3 N–H and O–H groups in total. The number of rotatable bonds is 6. The highest BCUT2D eigenvalue weighted by molar-refractivity contribution is 7.91. The van der Waals surface area contributed by atoms with Crippen molar-refractivity contribution in [2.24, 2.45) is 0 Å². The van der Waals surface area contributed by atoms with Crippen molar-refractivity contribution in [1.29, 1.82) is 0 Å². The molecular formula is C11H22N4O2S. The first-order chi connectivity index (χ1) is 8.28. The van der Waals surface area contributed by atoms with Crippen LogP contribution in [0.1, 0.15) is 32.5 Å². The Kier molecular flexibility index (Phi) is 4.61. The average molecular weight is 274 g/mol. The zero-order valence-electron chi connectivity index (χ0n) is 11.4. The minimum absolute atomic E-state index is 0.102.